The van der Waals surface area contributed by atoms with Gasteiger partial charge in [0.15, 0.2) is 5.66 Å². The number of para-hydroxylation sites is 1. The van der Waals surface area contributed by atoms with Gasteiger partial charge in [0.2, 0.25) is 11.8 Å². The van der Waals surface area contributed by atoms with E-state index in [0.29, 0.717) is 51.3 Å². The van der Waals surface area contributed by atoms with Crippen LogP contribution >= 0.6 is 0 Å². The van der Waals surface area contributed by atoms with Crippen LogP contribution in [0, 0.1) is 12.3 Å². The Morgan fingerprint density at radius 3 is 2.55 bits per heavy atom. The summed E-state index contributed by atoms with van der Waals surface area (Å²) >= 11 is 0. The van der Waals surface area contributed by atoms with Crippen LogP contribution < -0.4 is 14.8 Å². The Balaban J connectivity index is 1.30. The minimum atomic E-state index is -0.422. The summed E-state index contributed by atoms with van der Waals surface area (Å²) in [6, 6.07) is 13.2. The summed E-state index contributed by atoms with van der Waals surface area (Å²) in [6.45, 7) is 1.25. The van der Waals surface area contributed by atoms with Gasteiger partial charge in [-0.1, -0.05) is 24.3 Å². The summed E-state index contributed by atoms with van der Waals surface area (Å²) in [7, 11) is 0. The highest BCUT2D eigenvalue weighted by Gasteiger charge is 2.39. The summed E-state index contributed by atoms with van der Waals surface area (Å²) in [5.41, 5.74) is 0.475. The Morgan fingerprint density at radius 1 is 1.07 bits per heavy atom. The normalized spacial score (nSPS) is 13.3. The zero-order chi connectivity index (χ0) is 20.4. The lowest BCUT2D eigenvalue weighted by Crippen LogP contribution is -2.24. The van der Waals surface area contributed by atoms with Crippen molar-refractivity contribution in [2.24, 2.45) is 10.2 Å². The molecule has 0 unspecified atom stereocenters. The third-order valence-corrected chi connectivity index (χ3v) is 4.44. The van der Waals surface area contributed by atoms with E-state index in [0.717, 1.165) is 11.3 Å². The molecule has 7 nitrogen and oxygen atoms in total. The van der Waals surface area contributed by atoms with E-state index in [1.807, 2.05) is 36.4 Å². The number of carbonyl (C=O) groups is 1. The first-order valence-corrected chi connectivity index (χ1v) is 9.59. The molecule has 0 spiro atoms. The maximum Gasteiger partial charge on any atom is 0.220 e. The zero-order valence-corrected chi connectivity index (χ0v) is 16.2. The van der Waals surface area contributed by atoms with Crippen LogP contribution in [0.4, 0.5) is 0 Å². The van der Waals surface area contributed by atoms with Gasteiger partial charge in [-0.2, -0.15) is 10.2 Å². The van der Waals surface area contributed by atoms with Crippen LogP contribution in [0.15, 0.2) is 58.9 Å². The number of hydrogen-bond acceptors (Lipinski definition) is 6. The van der Waals surface area contributed by atoms with Crippen LogP contribution in [0.1, 0.15) is 31.2 Å². The lowest BCUT2D eigenvalue weighted by molar-refractivity contribution is -0.121. The number of hydrogen-bond donors (Lipinski definition) is 1. The minimum Gasteiger partial charge on any atom is -0.490 e. The second-order valence-electron chi connectivity index (χ2n) is 6.68. The first kappa shape index (κ1) is 20.3. The molecule has 1 amide bonds. The molecule has 0 atom stereocenters. The van der Waals surface area contributed by atoms with Gasteiger partial charge in [-0.15, -0.1) is 12.3 Å². The third-order valence-electron chi connectivity index (χ3n) is 4.44. The molecule has 2 heterocycles. The molecule has 1 aromatic heterocycles. The quantitative estimate of drug-likeness (QED) is 0.442. The summed E-state index contributed by atoms with van der Waals surface area (Å²) in [5.74, 6) is 3.86. The monoisotopic (exact) mass is 392 g/mol. The number of benzene rings is 1. The van der Waals surface area contributed by atoms with Gasteiger partial charge in [-0.3, -0.25) is 4.79 Å². The minimum absolute atomic E-state index is 0.0410. The van der Waals surface area contributed by atoms with Crippen molar-refractivity contribution in [3.8, 4) is 24.0 Å². The van der Waals surface area contributed by atoms with Crippen LogP contribution in [-0.2, 0) is 11.3 Å². The second-order valence-corrected chi connectivity index (χ2v) is 6.68. The number of pyridine rings is 1. The Morgan fingerprint density at radius 2 is 1.86 bits per heavy atom. The molecule has 2 aromatic rings. The van der Waals surface area contributed by atoms with Gasteiger partial charge in [0.05, 0.1) is 0 Å². The van der Waals surface area contributed by atoms with E-state index in [4.69, 9.17) is 15.9 Å². The fraction of sp³-hybridized carbons (Fsp3) is 0.364. The highest BCUT2D eigenvalue weighted by atomic mass is 16.5. The van der Waals surface area contributed by atoms with Crippen LogP contribution in [0.5, 0.6) is 11.6 Å². The third kappa shape index (κ3) is 6.92. The van der Waals surface area contributed by atoms with Crippen LogP contribution in [-0.4, -0.2) is 29.8 Å². The molecule has 3 rings (SSSR count). The first-order chi connectivity index (χ1) is 14.2. The van der Waals surface area contributed by atoms with E-state index in [1.165, 1.54) is 0 Å². The van der Waals surface area contributed by atoms with Gasteiger partial charge in [-0.05, 0) is 17.7 Å². The molecule has 0 saturated heterocycles. The van der Waals surface area contributed by atoms with Crippen molar-refractivity contribution in [3.63, 3.8) is 0 Å². The molecule has 7 heteroatoms. The number of aromatic nitrogens is 1. The van der Waals surface area contributed by atoms with Gasteiger partial charge in [0.1, 0.15) is 19.0 Å². The Kier molecular flexibility index (Phi) is 7.17. The first-order valence-electron chi connectivity index (χ1n) is 9.59. The fourth-order valence-electron chi connectivity index (χ4n) is 2.69. The predicted molar refractivity (Wildman–Crippen MR) is 108 cm³/mol. The van der Waals surface area contributed by atoms with Crippen LogP contribution in [0.3, 0.4) is 0 Å². The van der Waals surface area contributed by atoms with Crippen molar-refractivity contribution in [2.75, 3.05) is 13.2 Å². The summed E-state index contributed by atoms with van der Waals surface area (Å²) in [4.78, 5) is 16.3. The number of terminal acetylenes is 1. The maximum absolute atomic E-state index is 12.0. The van der Waals surface area contributed by atoms with Crippen molar-refractivity contribution in [2.45, 2.75) is 37.9 Å². The molecule has 0 saturated carbocycles. The maximum atomic E-state index is 12.0. The van der Waals surface area contributed by atoms with Gasteiger partial charge < -0.3 is 14.8 Å². The van der Waals surface area contributed by atoms with E-state index >= 15 is 0 Å². The van der Waals surface area contributed by atoms with E-state index in [2.05, 4.69) is 26.4 Å². The number of amides is 1. The van der Waals surface area contributed by atoms with Crippen molar-refractivity contribution in [1.82, 2.24) is 10.3 Å². The molecular formula is C22H24N4O3. The van der Waals surface area contributed by atoms with Gasteiger partial charge in [-0.25, -0.2) is 4.98 Å². The molecule has 1 aromatic carbocycles. The Bertz CT molecular complexity index is 854. The lowest BCUT2D eigenvalue weighted by Gasteiger charge is -2.10. The number of rotatable bonds is 12. The van der Waals surface area contributed by atoms with Crippen molar-refractivity contribution in [3.05, 3.63) is 54.2 Å². The highest BCUT2D eigenvalue weighted by Crippen LogP contribution is 2.37. The van der Waals surface area contributed by atoms with Crippen LogP contribution in [0.25, 0.3) is 0 Å². The predicted octanol–water partition coefficient (Wildman–Crippen LogP) is 3.51. The Labute approximate surface area is 170 Å². The molecule has 0 aliphatic carbocycles. The molecule has 0 bridgehead atoms. The van der Waals surface area contributed by atoms with Gasteiger partial charge in [0.25, 0.3) is 0 Å². The van der Waals surface area contributed by atoms with Crippen molar-refractivity contribution >= 4 is 5.91 Å². The van der Waals surface area contributed by atoms with Gasteiger partial charge in [0, 0.05) is 44.5 Å². The average molecular weight is 392 g/mol. The summed E-state index contributed by atoms with van der Waals surface area (Å²) in [6.07, 6.45) is 9.24. The highest BCUT2D eigenvalue weighted by molar-refractivity contribution is 5.76. The zero-order valence-electron chi connectivity index (χ0n) is 16.2. The average Bonchev–Trinajstić information content (AvgIpc) is 3.54. The summed E-state index contributed by atoms with van der Waals surface area (Å²) in [5, 5.41) is 11.0. The topological polar surface area (TPSA) is 85.2 Å². The molecule has 1 N–H and O–H groups in total. The van der Waals surface area contributed by atoms with Crippen molar-refractivity contribution < 1.29 is 14.3 Å². The number of nitrogens with one attached hydrogen (secondary N) is 1. The lowest BCUT2D eigenvalue weighted by atomic mass is 10.0. The van der Waals surface area contributed by atoms with E-state index in [9.17, 15) is 4.79 Å². The Hall–Kier alpha value is -3.40. The molecular weight excluding hydrogens is 368 g/mol. The molecule has 150 valence electrons. The molecule has 1 aliphatic rings. The molecule has 0 radical (unpaired) electrons. The van der Waals surface area contributed by atoms with Gasteiger partial charge >= 0.3 is 0 Å². The van der Waals surface area contributed by atoms with E-state index in [1.54, 1.807) is 12.3 Å². The molecule has 1 aliphatic heterocycles. The SMILES string of the molecule is C#CCCC1(CCC(=O)NCc2ccc(OCCOc3ccccc3)nc2)N=N1. The number of carbonyl (C=O) groups excluding carboxylic acids is 1. The van der Waals surface area contributed by atoms with Crippen molar-refractivity contribution in [1.29, 1.82) is 0 Å². The number of ether oxygens (including phenoxy) is 2. The van der Waals surface area contributed by atoms with E-state index in [-0.39, 0.29) is 5.91 Å². The largest absolute Gasteiger partial charge is 0.490 e. The summed E-state index contributed by atoms with van der Waals surface area (Å²) < 4.78 is 11.1. The second kappa shape index (κ2) is 10.2. The molecule has 29 heavy (non-hydrogen) atoms. The fourth-order valence-corrected chi connectivity index (χ4v) is 2.69. The standard InChI is InChI=1S/C22H24N4O3/c1-2-3-12-22(25-26-22)13-11-20(27)23-16-18-9-10-21(24-17-18)29-15-14-28-19-7-5-4-6-8-19/h1,4-10,17H,3,11-16H2,(H,23,27). The molecule has 0 fully saturated rings. The van der Waals surface area contributed by atoms with Crippen LogP contribution in [0.2, 0.25) is 0 Å². The smallest absolute Gasteiger partial charge is 0.220 e. The van der Waals surface area contributed by atoms with E-state index < -0.39 is 5.66 Å². The number of nitrogens with zero attached hydrogens (tertiary/aromatic N) is 3.